The predicted octanol–water partition coefficient (Wildman–Crippen LogP) is 1.88. The van der Waals surface area contributed by atoms with E-state index < -0.39 is 6.10 Å². The third-order valence-corrected chi connectivity index (χ3v) is 4.17. The molecule has 6 nitrogen and oxygen atoms in total. The molecule has 1 fully saturated rings. The lowest BCUT2D eigenvalue weighted by atomic mass is 10.0. The summed E-state index contributed by atoms with van der Waals surface area (Å²) in [4.78, 5) is 10.5. The Morgan fingerprint density at radius 3 is 3.00 bits per heavy atom. The lowest BCUT2D eigenvalue weighted by Gasteiger charge is -2.27. The highest BCUT2D eigenvalue weighted by Gasteiger charge is 2.34. The van der Waals surface area contributed by atoms with Gasteiger partial charge in [0.25, 0.3) is 5.78 Å². The van der Waals surface area contributed by atoms with Crippen molar-refractivity contribution in [3.05, 3.63) is 53.7 Å². The van der Waals surface area contributed by atoms with Gasteiger partial charge in [-0.1, -0.05) is 12.1 Å². The van der Waals surface area contributed by atoms with E-state index in [4.69, 9.17) is 0 Å². The van der Waals surface area contributed by atoms with Crippen molar-refractivity contribution in [1.82, 2.24) is 19.6 Å². The Morgan fingerprint density at radius 2 is 2.17 bits per heavy atom. The number of β-amino-alcohol motifs (C(OH)–C–C–N with tert-alkyl or cyclic N) is 1. The van der Waals surface area contributed by atoms with Gasteiger partial charge < -0.3 is 10.0 Å². The van der Waals surface area contributed by atoms with E-state index >= 15 is 0 Å². The number of aliphatic hydroxyl groups excluding tert-OH is 1. The third kappa shape index (κ3) is 2.43. The van der Waals surface area contributed by atoms with Crippen molar-refractivity contribution in [1.29, 1.82) is 0 Å². The van der Waals surface area contributed by atoms with Gasteiger partial charge in [-0.05, 0) is 31.0 Å². The summed E-state index contributed by atoms with van der Waals surface area (Å²) >= 11 is 0. The molecule has 1 aliphatic rings. The molecule has 0 saturated carbocycles. The van der Waals surface area contributed by atoms with Gasteiger partial charge in [-0.3, -0.25) is 0 Å². The minimum absolute atomic E-state index is 0.116. The third-order valence-electron chi connectivity index (χ3n) is 4.17. The van der Waals surface area contributed by atoms with Crippen LogP contribution in [0.2, 0.25) is 0 Å². The Balaban J connectivity index is 1.83. The van der Waals surface area contributed by atoms with Crippen LogP contribution in [0.15, 0.2) is 36.7 Å². The fourth-order valence-electron chi connectivity index (χ4n) is 3.21. The van der Waals surface area contributed by atoms with Crippen molar-refractivity contribution in [2.24, 2.45) is 0 Å². The van der Waals surface area contributed by atoms with Gasteiger partial charge in [0.1, 0.15) is 18.0 Å². The van der Waals surface area contributed by atoms with E-state index in [-0.39, 0.29) is 11.9 Å². The monoisotopic (exact) mass is 313 g/mol. The van der Waals surface area contributed by atoms with E-state index in [0.29, 0.717) is 18.7 Å². The predicted molar refractivity (Wildman–Crippen MR) is 82.6 cm³/mol. The number of aryl methyl sites for hydroxylation is 1. The molecule has 1 N–H and O–H groups in total. The van der Waals surface area contributed by atoms with Crippen LogP contribution in [-0.2, 0) is 0 Å². The van der Waals surface area contributed by atoms with Gasteiger partial charge in [-0.2, -0.15) is 14.6 Å². The average molecular weight is 313 g/mol. The molecule has 0 amide bonds. The first-order valence-electron chi connectivity index (χ1n) is 7.49. The number of hydrogen-bond donors (Lipinski definition) is 1. The van der Waals surface area contributed by atoms with Crippen LogP contribution in [0.25, 0.3) is 5.78 Å². The summed E-state index contributed by atoms with van der Waals surface area (Å²) in [6.07, 6.45) is 1.52. The average Bonchev–Trinajstić information content (AvgIpc) is 3.12. The van der Waals surface area contributed by atoms with Crippen molar-refractivity contribution >= 4 is 11.6 Å². The number of hydrogen-bond acceptors (Lipinski definition) is 5. The molecule has 1 aromatic carbocycles. The Kier molecular flexibility index (Phi) is 3.23. The molecule has 0 radical (unpaired) electrons. The highest BCUT2D eigenvalue weighted by molar-refractivity contribution is 5.50. The molecule has 1 aliphatic heterocycles. The van der Waals surface area contributed by atoms with Gasteiger partial charge in [0, 0.05) is 18.3 Å². The fraction of sp³-hybridized carbons (Fsp3) is 0.312. The molecule has 2 aromatic heterocycles. The summed E-state index contributed by atoms with van der Waals surface area (Å²) in [5.74, 6) is 1.04. The minimum Gasteiger partial charge on any atom is -0.391 e. The van der Waals surface area contributed by atoms with E-state index in [2.05, 4.69) is 15.1 Å². The smallest absolute Gasteiger partial charge is 0.254 e. The van der Waals surface area contributed by atoms with Crippen molar-refractivity contribution in [2.75, 3.05) is 11.4 Å². The second-order valence-electron chi connectivity index (χ2n) is 5.84. The number of anilines is 1. The number of rotatable bonds is 2. The Bertz CT molecular complexity index is 865. The van der Waals surface area contributed by atoms with Crippen LogP contribution in [0, 0.1) is 12.7 Å². The second kappa shape index (κ2) is 5.27. The van der Waals surface area contributed by atoms with Gasteiger partial charge in [-0.15, -0.1) is 0 Å². The molecule has 23 heavy (non-hydrogen) atoms. The molecule has 0 aliphatic carbocycles. The summed E-state index contributed by atoms with van der Waals surface area (Å²) < 4.78 is 15.2. The van der Waals surface area contributed by atoms with Crippen molar-refractivity contribution in [3.63, 3.8) is 0 Å². The molecule has 3 heterocycles. The maximum Gasteiger partial charge on any atom is 0.254 e. The summed E-state index contributed by atoms with van der Waals surface area (Å²) in [7, 11) is 0. The zero-order chi connectivity index (χ0) is 16.0. The number of fused-ring (bicyclic) bond motifs is 1. The topological polar surface area (TPSA) is 66.5 Å². The highest BCUT2D eigenvalue weighted by atomic mass is 19.1. The van der Waals surface area contributed by atoms with Crippen LogP contribution in [0.5, 0.6) is 0 Å². The normalized spacial score (nSPS) is 21.3. The molecule has 0 spiro atoms. The van der Waals surface area contributed by atoms with Crippen LogP contribution in [-0.4, -0.2) is 37.3 Å². The van der Waals surface area contributed by atoms with E-state index in [9.17, 15) is 9.50 Å². The molecule has 7 heteroatoms. The molecule has 1 saturated heterocycles. The molecule has 2 atom stereocenters. The lowest BCUT2D eigenvalue weighted by Crippen LogP contribution is -2.27. The molecular weight excluding hydrogens is 297 g/mol. The van der Waals surface area contributed by atoms with Gasteiger partial charge in [0.15, 0.2) is 0 Å². The van der Waals surface area contributed by atoms with Crippen molar-refractivity contribution < 1.29 is 9.50 Å². The molecule has 118 valence electrons. The SMILES string of the molecule is Cc1cc(N2C[C@@H](O)C[C@@H]2c2cccc(F)c2)n2ncnc2n1. The molecule has 0 unspecified atom stereocenters. The quantitative estimate of drug-likeness (QED) is 0.782. The van der Waals surface area contributed by atoms with E-state index in [0.717, 1.165) is 17.1 Å². The summed E-state index contributed by atoms with van der Waals surface area (Å²) in [5.41, 5.74) is 1.66. The van der Waals surface area contributed by atoms with Crippen LogP contribution in [0.4, 0.5) is 10.2 Å². The van der Waals surface area contributed by atoms with Gasteiger partial charge >= 0.3 is 0 Å². The first-order chi connectivity index (χ1) is 11.1. The molecule has 3 aromatic rings. The molecular formula is C16H16FN5O. The molecule has 4 rings (SSSR count). The lowest BCUT2D eigenvalue weighted by molar-refractivity contribution is 0.194. The first kappa shape index (κ1) is 14.1. The first-order valence-corrected chi connectivity index (χ1v) is 7.49. The van der Waals surface area contributed by atoms with Crippen molar-refractivity contribution in [2.45, 2.75) is 25.5 Å². The van der Waals surface area contributed by atoms with Crippen LogP contribution < -0.4 is 4.90 Å². The van der Waals surface area contributed by atoms with Crippen molar-refractivity contribution in [3.8, 4) is 0 Å². The fourth-order valence-corrected chi connectivity index (χ4v) is 3.21. The van der Waals surface area contributed by atoms with Crippen LogP contribution >= 0.6 is 0 Å². The Morgan fingerprint density at radius 1 is 1.30 bits per heavy atom. The Hall–Kier alpha value is -2.54. The van der Waals surface area contributed by atoms with Crippen LogP contribution in [0.1, 0.15) is 23.7 Å². The number of aromatic nitrogens is 4. The van der Waals surface area contributed by atoms with Crippen LogP contribution in [0.3, 0.4) is 0 Å². The second-order valence-corrected chi connectivity index (χ2v) is 5.84. The number of nitrogens with zero attached hydrogens (tertiary/aromatic N) is 5. The number of halogens is 1. The largest absolute Gasteiger partial charge is 0.391 e. The van der Waals surface area contributed by atoms with E-state index in [1.807, 2.05) is 24.0 Å². The number of aliphatic hydroxyl groups is 1. The Labute approximate surface area is 132 Å². The summed E-state index contributed by atoms with van der Waals surface area (Å²) in [6.45, 7) is 2.35. The van der Waals surface area contributed by atoms with Gasteiger partial charge in [-0.25, -0.2) is 9.37 Å². The summed E-state index contributed by atoms with van der Waals surface area (Å²) in [5, 5.41) is 14.4. The number of benzene rings is 1. The maximum absolute atomic E-state index is 13.6. The van der Waals surface area contributed by atoms with Gasteiger partial charge in [0.05, 0.1) is 12.1 Å². The standard InChI is InChI=1S/C16H16FN5O/c1-10-5-15(22-16(20-10)18-9-19-22)21-8-13(23)7-14(21)11-3-2-4-12(17)6-11/h2-6,9,13-14,23H,7-8H2,1H3/t13-,14+/m0/s1. The summed E-state index contributed by atoms with van der Waals surface area (Å²) in [6, 6.07) is 8.30. The molecule has 0 bridgehead atoms. The zero-order valence-corrected chi connectivity index (χ0v) is 12.6. The zero-order valence-electron chi connectivity index (χ0n) is 12.6. The van der Waals surface area contributed by atoms with E-state index in [1.165, 1.54) is 18.5 Å². The minimum atomic E-state index is -0.477. The van der Waals surface area contributed by atoms with Gasteiger partial charge in [0.2, 0.25) is 0 Å². The highest BCUT2D eigenvalue weighted by Crippen LogP contribution is 2.36. The van der Waals surface area contributed by atoms with E-state index in [1.54, 1.807) is 10.6 Å². The maximum atomic E-state index is 13.6.